The molecule has 0 heterocycles. The van der Waals surface area contributed by atoms with Crippen LogP contribution >= 0.6 is 11.8 Å². The highest BCUT2D eigenvalue weighted by Crippen LogP contribution is 2.26. The Hall–Kier alpha value is -2.48. The van der Waals surface area contributed by atoms with Gasteiger partial charge in [-0.25, -0.2) is 4.79 Å². The number of ether oxygens (including phenoxy) is 1. The second kappa shape index (κ2) is 17.9. The average molecular weight is 548 g/mol. The number of carbonyl (C=O) groups is 3. The molecule has 1 rings (SSSR count). The monoisotopic (exact) mass is 547 g/mol. The molecule has 2 N–H and O–H groups in total. The summed E-state index contributed by atoms with van der Waals surface area (Å²) in [6, 6.07) is 5.95. The second-order valence-electron chi connectivity index (χ2n) is 10.5. The molecule has 38 heavy (non-hydrogen) atoms. The molecular formula is C30H49N3O4S. The first-order valence-corrected chi connectivity index (χ1v) is 15.3. The van der Waals surface area contributed by atoms with Crippen LogP contribution in [0.1, 0.15) is 96.7 Å². The maximum absolute atomic E-state index is 14.2. The summed E-state index contributed by atoms with van der Waals surface area (Å²) in [4.78, 5) is 42.2. The molecule has 0 aliphatic heterocycles. The lowest BCUT2D eigenvalue weighted by molar-refractivity contribution is -0.142. The Bertz CT molecular complexity index is 884. The predicted molar refractivity (Wildman–Crippen MR) is 159 cm³/mol. The van der Waals surface area contributed by atoms with E-state index in [1.54, 1.807) is 43.5 Å². The molecule has 0 aliphatic rings. The lowest BCUT2D eigenvalue weighted by atomic mass is 9.99. The van der Waals surface area contributed by atoms with E-state index in [2.05, 4.69) is 31.1 Å². The summed E-state index contributed by atoms with van der Waals surface area (Å²) in [5.41, 5.74) is 0.906. The molecule has 7 nitrogen and oxygen atoms in total. The van der Waals surface area contributed by atoms with Crippen LogP contribution in [-0.4, -0.2) is 59.5 Å². The van der Waals surface area contributed by atoms with E-state index >= 15 is 0 Å². The Labute approximate surface area is 234 Å². The van der Waals surface area contributed by atoms with E-state index in [4.69, 9.17) is 4.74 Å². The maximum Gasteiger partial charge on any atom is 0.408 e. The SMILES string of the molecule is C=Cc1cccc(C(C(=O)NCCCC)N(CCCCCC)C(=O)C(CCSC)NC(=O)OC(C)(C)C)c1. The first-order valence-electron chi connectivity index (χ1n) is 13.9. The molecule has 0 bridgehead atoms. The standard InChI is InChI=1S/C30H49N3O4S/c1-8-11-13-14-20-33(28(35)25(18-21-38-7)32-29(36)37-30(4,5)6)26(27(34)31-19-12-9-2)24-17-15-16-23(10-3)22-24/h10,15-17,22,25-26H,3,8-9,11-14,18-21H2,1-2,4-7H3,(H,31,34)(H,32,36). The molecule has 0 spiro atoms. The van der Waals surface area contributed by atoms with Crippen molar-refractivity contribution in [3.63, 3.8) is 0 Å². The normalized spacial score (nSPS) is 12.8. The van der Waals surface area contributed by atoms with E-state index in [0.29, 0.717) is 25.3 Å². The van der Waals surface area contributed by atoms with Gasteiger partial charge in [-0.1, -0.05) is 70.4 Å². The smallest absolute Gasteiger partial charge is 0.408 e. The summed E-state index contributed by atoms with van der Waals surface area (Å²) in [7, 11) is 0. The summed E-state index contributed by atoms with van der Waals surface area (Å²) in [6.45, 7) is 14.4. The van der Waals surface area contributed by atoms with Crippen molar-refractivity contribution < 1.29 is 19.1 Å². The van der Waals surface area contributed by atoms with Crippen LogP contribution in [0, 0.1) is 0 Å². The molecule has 8 heteroatoms. The van der Waals surface area contributed by atoms with Crippen LogP contribution in [0.15, 0.2) is 30.8 Å². The van der Waals surface area contributed by atoms with Crippen molar-refractivity contribution in [2.24, 2.45) is 0 Å². The Balaban J connectivity index is 3.47. The highest BCUT2D eigenvalue weighted by Gasteiger charge is 2.36. The van der Waals surface area contributed by atoms with Crippen LogP contribution in [0.25, 0.3) is 6.08 Å². The number of hydrogen-bond donors (Lipinski definition) is 2. The number of unbranched alkanes of at least 4 members (excludes halogenated alkanes) is 4. The zero-order valence-electron chi connectivity index (χ0n) is 24.3. The number of benzene rings is 1. The zero-order chi connectivity index (χ0) is 28.6. The number of rotatable bonds is 17. The maximum atomic E-state index is 14.2. The van der Waals surface area contributed by atoms with Crippen molar-refractivity contribution in [2.75, 3.05) is 25.1 Å². The predicted octanol–water partition coefficient (Wildman–Crippen LogP) is 6.34. The lowest BCUT2D eigenvalue weighted by Gasteiger charge is -2.35. The third-order valence-electron chi connectivity index (χ3n) is 5.99. The molecule has 1 aromatic rings. The van der Waals surface area contributed by atoms with Gasteiger partial charge < -0.3 is 20.3 Å². The number of amides is 3. The van der Waals surface area contributed by atoms with Crippen molar-refractivity contribution >= 4 is 35.7 Å². The molecule has 2 unspecified atom stereocenters. The van der Waals surface area contributed by atoms with Gasteiger partial charge in [-0.15, -0.1) is 0 Å². The van der Waals surface area contributed by atoms with Crippen LogP contribution in [0.4, 0.5) is 4.79 Å². The van der Waals surface area contributed by atoms with Crippen molar-refractivity contribution in [1.82, 2.24) is 15.5 Å². The van der Waals surface area contributed by atoms with E-state index in [1.165, 1.54) is 0 Å². The largest absolute Gasteiger partial charge is 0.444 e. The van der Waals surface area contributed by atoms with E-state index in [1.807, 2.05) is 30.5 Å². The molecule has 0 fully saturated rings. The highest BCUT2D eigenvalue weighted by atomic mass is 32.2. The van der Waals surface area contributed by atoms with Crippen LogP contribution in [0.3, 0.4) is 0 Å². The highest BCUT2D eigenvalue weighted by molar-refractivity contribution is 7.98. The van der Waals surface area contributed by atoms with E-state index < -0.39 is 23.8 Å². The van der Waals surface area contributed by atoms with Crippen LogP contribution in [0.2, 0.25) is 0 Å². The number of hydrogen-bond acceptors (Lipinski definition) is 5. The number of thioether (sulfide) groups is 1. The van der Waals surface area contributed by atoms with Gasteiger partial charge in [0.2, 0.25) is 11.8 Å². The fraction of sp³-hybridized carbons (Fsp3) is 0.633. The minimum absolute atomic E-state index is 0.218. The fourth-order valence-electron chi connectivity index (χ4n) is 4.03. The Kier molecular flexibility index (Phi) is 15.8. The van der Waals surface area contributed by atoms with Gasteiger partial charge in [0.15, 0.2) is 0 Å². The molecule has 0 aliphatic carbocycles. The van der Waals surface area contributed by atoms with Crippen molar-refractivity contribution in [2.45, 2.75) is 97.2 Å². The number of alkyl carbamates (subject to hydrolysis) is 1. The first-order chi connectivity index (χ1) is 18.1. The molecule has 0 saturated heterocycles. The number of nitrogens with one attached hydrogen (secondary N) is 2. The summed E-state index contributed by atoms with van der Waals surface area (Å²) in [5, 5.41) is 5.83. The van der Waals surface area contributed by atoms with E-state index in [0.717, 1.165) is 49.7 Å². The summed E-state index contributed by atoms with van der Waals surface area (Å²) < 4.78 is 5.46. The number of carbonyl (C=O) groups excluding carboxylic acids is 3. The topological polar surface area (TPSA) is 87.7 Å². The third-order valence-corrected chi connectivity index (χ3v) is 6.63. The molecule has 2 atom stereocenters. The average Bonchev–Trinajstić information content (AvgIpc) is 2.87. The quantitative estimate of drug-likeness (QED) is 0.222. The summed E-state index contributed by atoms with van der Waals surface area (Å²) in [6.07, 6.45) is 9.12. The van der Waals surface area contributed by atoms with Crippen molar-refractivity contribution in [1.29, 1.82) is 0 Å². The van der Waals surface area contributed by atoms with Gasteiger partial charge >= 0.3 is 6.09 Å². The third kappa shape index (κ3) is 12.4. The molecule has 1 aromatic carbocycles. The second-order valence-corrected chi connectivity index (χ2v) is 11.5. The van der Waals surface area contributed by atoms with Gasteiger partial charge in [0.1, 0.15) is 17.7 Å². The van der Waals surface area contributed by atoms with Gasteiger partial charge in [-0.3, -0.25) is 9.59 Å². The molecule has 0 radical (unpaired) electrons. The molecular weight excluding hydrogens is 498 g/mol. The summed E-state index contributed by atoms with van der Waals surface area (Å²) in [5.74, 6) is 0.181. The fourth-order valence-corrected chi connectivity index (χ4v) is 4.50. The van der Waals surface area contributed by atoms with Crippen LogP contribution in [0.5, 0.6) is 0 Å². The Morgan fingerprint density at radius 1 is 1.11 bits per heavy atom. The van der Waals surface area contributed by atoms with Crippen LogP contribution < -0.4 is 10.6 Å². The summed E-state index contributed by atoms with van der Waals surface area (Å²) >= 11 is 1.60. The van der Waals surface area contributed by atoms with Gasteiger partial charge in [0.25, 0.3) is 0 Å². The van der Waals surface area contributed by atoms with Gasteiger partial charge in [0, 0.05) is 13.1 Å². The Morgan fingerprint density at radius 3 is 2.42 bits per heavy atom. The van der Waals surface area contributed by atoms with E-state index in [-0.39, 0.29) is 11.8 Å². The molecule has 3 amide bonds. The first kappa shape index (κ1) is 33.5. The number of nitrogens with zero attached hydrogens (tertiary/aromatic N) is 1. The lowest BCUT2D eigenvalue weighted by Crippen LogP contribution is -2.53. The molecule has 214 valence electrons. The van der Waals surface area contributed by atoms with E-state index in [9.17, 15) is 14.4 Å². The van der Waals surface area contributed by atoms with Crippen molar-refractivity contribution in [3.05, 3.63) is 42.0 Å². The minimum Gasteiger partial charge on any atom is -0.444 e. The van der Waals surface area contributed by atoms with Gasteiger partial charge in [-0.05, 0) is 69.2 Å². The van der Waals surface area contributed by atoms with Gasteiger partial charge in [0.05, 0.1) is 0 Å². The van der Waals surface area contributed by atoms with Gasteiger partial charge in [-0.2, -0.15) is 11.8 Å². The zero-order valence-corrected chi connectivity index (χ0v) is 25.1. The minimum atomic E-state index is -0.821. The molecule has 0 aromatic heterocycles. The van der Waals surface area contributed by atoms with Crippen molar-refractivity contribution in [3.8, 4) is 0 Å². The van der Waals surface area contributed by atoms with Crippen LogP contribution in [-0.2, 0) is 14.3 Å². The Morgan fingerprint density at radius 2 is 1.82 bits per heavy atom. The molecule has 0 saturated carbocycles.